The minimum Gasteiger partial charge on any atom is -0.760 e. The molecule has 10 nitrogen and oxygen atoms in total. The summed E-state index contributed by atoms with van der Waals surface area (Å²) in [6, 6.07) is 12.4. The van der Waals surface area contributed by atoms with Crippen LogP contribution < -0.4 is 25.4 Å². The molecule has 0 saturated heterocycles. The number of fused-ring (bicyclic) bond motifs is 1. The number of halogens is 1. The molecule has 0 spiro atoms. The Hall–Kier alpha value is -3.25. The maximum atomic E-state index is 11.5. The van der Waals surface area contributed by atoms with Crippen LogP contribution in [0.1, 0.15) is 5.56 Å². The summed E-state index contributed by atoms with van der Waals surface area (Å²) in [5.74, 6) is 0.956. The number of amides is 1. The van der Waals surface area contributed by atoms with Crippen LogP contribution in [-0.4, -0.2) is 31.2 Å². The van der Waals surface area contributed by atoms with E-state index < -0.39 is 11.3 Å². The van der Waals surface area contributed by atoms with Gasteiger partial charge < -0.3 is 25.2 Å². The summed E-state index contributed by atoms with van der Waals surface area (Å²) < 4.78 is 29.3. The van der Waals surface area contributed by atoms with E-state index in [9.17, 15) is 13.6 Å². The van der Waals surface area contributed by atoms with Crippen molar-refractivity contribution in [2.75, 3.05) is 22.6 Å². The van der Waals surface area contributed by atoms with Gasteiger partial charge in [-0.25, -0.2) is 9.71 Å². The first-order chi connectivity index (χ1) is 15.0. The molecule has 4 N–H and O–H groups in total. The Bertz CT molecular complexity index is 1160. The number of ether oxygens (including phenoxy) is 1. The zero-order valence-corrected chi connectivity index (χ0v) is 17.4. The van der Waals surface area contributed by atoms with Crippen LogP contribution in [0.5, 0.6) is 5.75 Å². The first kappa shape index (κ1) is 21.0. The van der Waals surface area contributed by atoms with Crippen molar-refractivity contribution in [1.82, 2.24) is 14.7 Å². The van der Waals surface area contributed by atoms with Crippen LogP contribution in [0.4, 0.5) is 28.8 Å². The standard InChI is InChI=1S/C19H17ClN6O4S/c20-13-9-21-19(23-12-5-6-16-15(7-12)24-17(27)10-30-16)26-18(13)25-14-4-2-1-3-11(14)8-22-31(28)29/h1-7,9,22H,8,10H2,(H,24,27)(H,28,29)(H2,21,23,25,26)/p-1. The highest BCUT2D eigenvalue weighted by atomic mass is 35.5. The SMILES string of the molecule is O=C1COc2ccc(Nc3ncc(Cl)c(Nc4ccccc4CNS(=O)[O-])n3)cc2N1. The Kier molecular flexibility index (Phi) is 6.28. The topological polar surface area (TPSA) is 140 Å². The number of carbonyl (C=O) groups excluding carboxylic acids is 1. The number of para-hydroxylation sites is 1. The molecule has 2 aromatic carbocycles. The van der Waals surface area contributed by atoms with Gasteiger partial charge in [-0.05, 0) is 29.8 Å². The lowest BCUT2D eigenvalue weighted by molar-refractivity contribution is -0.118. The first-order valence-corrected chi connectivity index (χ1v) is 10.5. The van der Waals surface area contributed by atoms with Gasteiger partial charge in [0.2, 0.25) is 5.95 Å². The number of anilines is 5. The van der Waals surface area contributed by atoms with Crippen molar-refractivity contribution in [3.63, 3.8) is 0 Å². The average molecular weight is 460 g/mol. The van der Waals surface area contributed by atoms with Crippen molar-refractivity contribution in [3.8, 4) is 5.75 Å². The number of hydrogen-bond acceptors (Lipinski definition) is 8. The molecular weight excluding hydrogens is 444 g/mol. The molecule has 160 valence electrons. The van der Waals surface area contributed by atoms with E-state index >= 15 is 0 Å². The van der Waals surface area contributed by atoms with Crippen molar-refractivity contribution < 1.29 is 18.3 Å². The largest absolute Gasteiger partial charge is 0.760 e. The van der Waals surface area contributed by atoms with E-state index in [0.717, 1.165) is 0 Å². The molecule has 12 heteroatoms. The Morgan fingerprint density at radius 1 is 1.23 bits per heavy atom. The van der Waals surface area contributed by atoms with Gasteiger partial charge in [0.05, 0.1) is 11.9 Å². The lowest BCUT2D eigenvalue weighted by atomic mass is 10.2. The summed E-state index contributed by atoms with van der Waals surface area (Å²) in [6.45, 7) is 0.0901. The number of benzene rings is 2. The maximum Gasteiger partial charge on any atom is 0.262 e. The fourth-order valence-electron chi connectivity index (χ4n) is 2.87. The lowest BCUT2D eigenvalue weighted by Crippen LogP contribution is -2.25. The quantitative estimate of drug-likeness (QED) is 0.395. The van der Waals surface area contributed by atoms with Gasteiger partial charge in [0.1, 0.15) is 10.8 Å². The van der Waals surface area contributed by atoms with E-state index in [-0.39, 0.29) is 30.0 Å². The van der Waals surface area contributed by atoms with Gasteiger partial charge in [0.25, 0.3) is 5.91 Å². The van der Waals surface area contributed by atoms with Gasteiger partial charge >= 0.3 is 0 Å². The van der Waals surface area contributed by atoms with E-state index in [0.29, 0.717) is 34.2 Å². The molecule has 1 aliphatic heterocycles. The molecule has 1 aromatic heterocycles. The maximum absolute atomic E-state index is 11.5. The molecule has 2 heterocycles. The minimum atomic E-state index is -2.38. The zero-order valence-electron chi connectivity index (χ0n) is 15.8. The van der Waals surface area contributed by atoms with Gasteiger partial charge in [-0.2, -0.15) is 4.98 Å². The van der Waals surface area contributed by atoms with Crippen LogP contribution in [0.15, 0.2) is 48.7 Å². The summed E-state index contributed by atoms with van der Waals surface area (Å²) in [4.78, 5) is 20.1. The Morgan fingerprint density at radius 2 is 2.06 bits per heavy atom. The third-order valence-electron chi connectivity index (χ3n) is 4.26. The average Bonchev–Trinajstić information content (AvgIpc) is 2.75. The van der Waals surface area contributed by atoms with Crippen LogP contribution in [0.2, 0.25) is 5.02 Å². The molecule has 0 bridgehead atoms. The lowest BCUT2D eigenvalue weighted by Gasteiger charge is -2.18. The van der Waals surface area contributed by atoms with E-state index in [1.807, 2.05) is 0 Å². The second-order valence-electron chi connectivity index (χ2n) is 6.40. The van der Waals surface area contributed by atoms with Crippen molar-refractivity contribution in [3.05, 3.63) is 59.2 Å². The zero-order chi connectivity index (χ0) is 21.8. The highest BCUT2D eigenvalue weighted by Gasteiger charge is 2.16. The molecule has 1 aliphatic rings. The Morgan fingerprint density at radius 3 is 2.90 bits per heavy atom. The summed E-state index contributed by atoms with van der Waals surface area (Å²) in [5, 5.41) is 9.18. The van der Waals surface area contributed by atoms with Crippen molar-refractivity contribution in [2.45, 2.75) is 6.54 Å². The predicted octanol–water partition coefficient (Wildman–Crippen LogP) is 2.83. The summed E-state index contributed by atoms with van der Waals surface area (Å²) >= 11 is 3.87. The summed E-state index contributed by atoms with van der Waals surface area (Å²) in [7, 11) is 0. The molecule has 0 saturated carbocycles. The van der Waals surface area contributed by atoms with Crippen LogP contribution in [-0.2, 0) is 22.6 Å². The molecule has 0 fully saturated rings. The predicted molar refractivity (Wildman–Crippen MR) is 116 cm³/mol. The molecule has 4 rings (SSSR count). The van der Waals surface area contributed by atoms with E-state index in [1.54, 1.807) is 42.5 Å². The van der Waals surface area contributed by atoms with Gasteiger partial charge in [0, 0.05) is 29.2 Å². The fraction of sp³-hybridized carbons (Fsp3) is 0.105. The highest BCUT2D eigenvalue weighted by Crippen LogP contribution is 2.32. The second-order valence-corrected chi connectivity index (χ2v) is 7.57. The van der Waals surface area contributed by atoms with Crippen LogP contribution in [0.3, 0.4) is 0 Å². The van der Waals surface area contributed by atoms with Crippen LogP contribution in [0, 0.1) is 0 Å². The third-order valence-corrected chi connectivity index (χ3v) is 4.92. The number of rotatable bonds is 7. The first-order valence-electron chi connectivity index (χ1n) is 9.02. The number of hydrogen-bond donors (Lipinski definition) is 4. The van der Waals surface area contributed by atoms with Gasteiger partial charge in [0.15, 0.2) is 12.4 Å². The van der Waals surface area contributed by atoms with Gasteiger partial charge in [-0.3, -0.25) is 9.00 Å². The van der Waals surface area contributed by atoms with Gasteiger partial charge in [-0.15, -0.1) is 0 Å². The monoisotopic (exact) mass is 459 g/mol. The molecule has 1 amide bonds. The fourth-order valence-corrected chi connectivity index (χ4v) is 3.28. The Labute approximate surface area is 184 Å². The normalized spacial score (nSPS) is 13.5. The second kappa shape index (κ2) is 9.27. The smallest absolute Gasteiger partial charge is 0.262 e. The summed E-state index contributed by atoms with van der Waals surface area (Å²) in [6.07, 6.45) is 1.44. The minimum absolute atomic E-state index is 0.0170. The molecule has 1 unspecified atom stereocenters. The van der Waals surface area contributed by atoms with Crippen LogP contribution in [0.25, 0.3) is 0 Å². The van der Waals surface area contributed by atoms with Crippen molar-refractivity contribution >= 4 is 57.6 Å². The third kappa shape index (κ3) is 5.27. The molecule has 0 radical (unpaired) electrons. The molecule has 0 aliphatic carbocycles. The van der Waals surface area contributed by atoms with E-state index in [2.05, 4.69) is 30.6 Å². The highest BCUT2D eigenvalue weighted by molar-refractivity contribution is 7.77. The summed E-state index contributed by atoms with van der Waals surface area (Å²) in [5.41, 5.74) is 2.54. The number of nitrogens with one attached hydrogen (secondary N) is 4. The van der Waals surface area contributed by atoms with Crippen LogP contribution >= 0.6 is 11.6 Å². The van der Waals surface area contributed by atoms with Crippen molar-refractivity contribution in [2.24, 2.45) is 0 Å². The number of aromatic nitrogens is 2. The van der Waals surface area contributed by atoms with Crippen molar-refractivity contribution in [1.29, 1.82) is 0 Å². The van der Waals surface area contributed by atoms with E-state index in [4.69, 9.17) is 16.3 Å². The number of nitrogens with zero attached hydrogens (tertiary/aromatic N) is 2. The van der Waals surface area contributed by atoms with Gasteiger partial charge in [-0.1, -0.05) is 29.8 Å². The molecule has 3 aromatic rings. The Balaban J connectivity index is 1.54. The van der Waals surface area contributed by atoms with E-state index in [1.165, 1.54) is 6.20 Å². The number of carbonyl (C=O) groups is 1. The molecular formula is C19H16ClN6O4S-. The molecule has 1 atom stereocenters. The molecule has 31 heavy (non-hydrogen) atoms.